The minimum Gasteiger partial charge on any atom is -0.311 e. The van der Waals surface area contributed by atoms with Crippen molar-refractivity contribution in [2.45, 2.75) is 57.3 Å². The molecule has 0 N–H and O–H groups in total. The second-order valence-corrected chi connectivity index (χ2v) is 8.39. The van der Waals surface area contributed by atoms with Crippen molar-refractivity contribution in [3.8, 4) is 0 Å². The highest BCUT2D eigenvalue weighted by Gasteiger charge is 2.26. The van der Waals surface area contributed by atoms with Crippen LogP contribution in [0.4, 0.5) is 5.69 Å². The maximum absolute atomic E-state index is 12.9. The highest BCUT2D eigenvalue weighted by atomic mass is 32.2. The fourth-order valence-corrected chi connectivity index (χ4v) is 4.61. The minimum atomic E-state index is 0.140. The van der Waals surface area contributed by atoms with Crippen LogP contribution in [0.3, 0.4) is 0 Å². The van der Waals surface area contributed by atoms with E-state index < -0.39 is 0 Å². The van der Waals surface area contributed by atoms with Gasteiger partial charge in [0.2, 0.25) is 5.91 Å². The van der Waals surface area contributed by atoms with Crippen LogP contribution in [0.25, 0.3) is 0 Å². The lowest BCUT2D eigenvalue weighted by atomic mass is 10.2. The van der Waals surface area contributed by atoms with Gasteiger partial charge in [-0.15, -0.1) is 10.2 Å². The maximum Gasteiger partial charge on any atom is 0.237 e. The van der Waals surface area contributed by atoms with Gasteiger partial charge in [0, 0.05) is 18.8 Å². The zero-order valence-electron chi connectivity index (χ0n) is 17.4. The van der Waals surface area contributed by atoms with E-state index in [0.717, 1.165) is 55.4 Å². The number of hydrogen-bond acceptors (Lipinski definition) is 5. The molecule has 0 saturated heterocycles. The standard InChI is InChI=1S/C21H31N5OS/c1-5-7-13-26-20(17(6-2)24(3)4)22-23-21(26)28-15-19(27)25-14-12-16-10-8-9-11-18(16)25/h8-11,17H,5-7,12-15H2,1-4H3. The summed E-state index contributed by atoms with van der Waals surface area (Å²) >= 11 is 1.51. The average molecular weight is 402 g/mol. The van der Waals surface area contributed by atoms with E-state index in [1.54, 1.807) is 0 Å². The molecule has 2 heterocycles. The highest BCUT2D eigenvalue weighted by Crippen LogP contribution is 2.30. The molecule has 0 spiro atoms. The summed E-state index contributed by atoms with van der Waals surface area (Å²) < 4.78 is 2.22. The summed E-state index contributed by atoms with van der Waals surface area (Å²) in [5, 5.41) is 9.79. The normalized spacial score (nSPS) is 14.5. The van der Waals surface area contributed by atoms with Gasteiger partial charge < -0.3 is 9.47 Å². The quantitative estimate of drug-likeness (QED) is 0.599. The summed E-state index contributed by atoms with van der Waals surface area (Å²) in [6.07, 6.45) is 4.11. The predicted molar refractivity (Wildman–Crippen MR) is 115 cm³/mol. The van der Waals surface area contributed by atoms with Crippen LogP contribution in [0, 0.1) is 0 Å². The Bertz CT molecular complexity index is 804. The van der Waals surface area contributed by atoms with Crippen molar-refractivity contribution in [3.63, 3.8) is 0 Å². The van der Waals surface area contributed by atoms with E-state index in [9.17, 15) is 4.79 Å². The minimum absolute atomic E-state index is 0.140. The molecule has 1 atom stereocenters. The summed E-state index contributed by atoms with van der Waals surface area (Å²) in [5.74, 6) is 1.53. The fourth-order valence-electron chi connectivity index (χ4n) is 3.76. The molecule has 7 heteroatoms. The molecular formula is C21H31N5OS. The van der Waals surface area contributed by atoms with Gasteiger partial charge >= 0.3 is 0 Å². The number of nitrogens with zero attached hydrogens (tertiary/aromatic N) is 5. The fraction of sp³-hybridized carbons (Fsp3) is 0.571. The van der Waals surface area contributed by atoms with E-state index >= 15 is 0 Å². The molecule has 1 aromatic heterocycles. The Morgan fingerprint density at radius 3 is 2.75 bits per heavy atom. The largest absolute Gasteiger partial charge is 0.311 e. The van der Waals surface area contributed by atoms with Crippen LogP contribution in [0.1, 0.15) is 50.5 Å². The van der Waals surface area contributed by atoms with Gasteiger partial charge in [0.1, 0.15) is 0 Å². The van der Waals surface area contributed by atoms with Gasteiger partial charge in [-0.3, -0.25) is 9.69 Å². The van der Waals surface area contributed by atoms with Gasteiger partial charge in [0.25, 0.3) is 0 Å². The lowest BCUT2D eigenvalue weighted by molar-refractivity contribution is -0.116. The van der Waals surface area contributed by atoms with Crippen molar-refractivity contribution in [1.82, 2.24) is 19.7 Å². The predicted octanol–water partition coefficient (Wildman–Crippen LogP) is 3.77. The van der Waals surface area contributed by atoms with E-state index in [-0.39, 0.29) is 11.9 Å². The second kappa shape index (κ2) is 9.56. The smallest absolute Gasteiger partial charge is 0.237 e. The number of anilines is 1. The number of unbranched alkanes of at least 4 members (excludes halogenated alkanes) is 1. The first-order chi connectivity index (χ1) is 13.6. The zero-order chi connectivity index (χ0) is 20.1. The van der Waals surface area contributed by atoms with Gasteiger partial charge in [-0.05, 0) is 45.0 Å². The molecule has 0 fully saturated rings. The number of thioether (sulfide) groups is 1. The van der Waals surface area contributed by atoms with E-state index in [2.05, 4.69) is 53.7 Å². The summed E-state index contributed by atoms with van der Waals surface area (Å²) in [5.41, 5.74) is 2.31. The van der Waals surface area contributed by atoms with E-state index in [0.29, 0.717) is 5.75 Å². The SMILES string of the molecule is CCCCn1c(SCC(=O)N2CCc3ccccc32)nnc1C(CC)N(C)C. The molecule has 1 aromatic carbocycles. The Morgan fingerprint density at radius 2 is 2.04 bits per heavy atom. The maximum atomic E-state index is 12.9. The summed E-state index contributed by atoms with van der Waals surface area (Å²) in [4.78, 5) is 16.9. The molecule has 0 saturated carbocycles. The Hall–Kier alpha value is -1.86. The summed E-state index contributed by atoms with van der Waals surface area (Å²) in [6.45, 7) is 6.02. The van der Waals surface area contributed by atoms with Gasteiger partial charge in [-0.2, -0.15) is 0 Å². The van der Waals surface area contributed by atoms with E-state index in [4.69, 9.17) is 0 Å². The molecule has 1 unspecified atom stereocenters. The van der Waals surface area contributed by atoms with Crippen molar-refractivity contribution >= 4 is 23.4 Å². The first-order valence-electron chi connectivity index (χ1n) is 10.2. The zero-order valence-corrected chi connectivity index (χ0v) is 18.2. The monoisotopic (exact) mass is 401 g/mol. The number of aromatic nitrogens is 3. The van der Waals surface area contributed by atoms with Gasteiger partial charge in [0.05, 0.1) is 11.8 Å². The number of rotatable bonds is 9. The number of amides is 1. The summed E-state index contributed by atoms with van der Waals surface area (Å²) in [6, 6.07) is 8.41. The molecule has 28 heavy (non-hydrogen) atoms. The molecule has 1 aliphatic heterocycles. The number of benzene rings is 1. The van der Waals surface area contributed by atoms with E-state index in [1.165, 1.54) is 17.3 Å². The molecule has 0 radical (unpaired) electrons. The number of fused-ring (bicyclic) bond motifs is 1. The highest BCUT2D eigenvalue weighted by molar-refractivity contribution is 7.99. The third-order valence-corrected chi connectivity index (χ3v) is 6.25. The first-order valence-corrected chi connectivity index (χ1v) is 11.2. The van der Waals surface area contributed by atoms with Gasteiger partial charge in [-0.25, -0.2) is 0 Å². The van der Waals surface area contributed by atoms with Crippen molar-refractivity contribution in [1.29, 1.82) is 0 Å². The molecule has 0 aliphatic carbocycles. The summed E-state index contributed by atoms with van der Waals surface area (Å²) in [7, 11) is 4.16. The molecule has 2 aromatic rings. The topological polar surface area (TPSA) is 54.3 Å². The number of carbonyl (C=O) groups excluding carboxylic acids is 1. The van der Waals surface area contributed by atoms with Crippen LogP contribution >= 0.6 is 11.8 Å². The molecule has 6 nitrogen and oxygen atoms in total. The average Bonchev–Trinajstić information content (AvgIpc) is 3.29. The van der Waals surface area contributed by atoms with Crippen molar-refractivity contribution in [2.75, 3.05) is 31.3 Å². The van der Waals surface area contributed by atoms with Crippen LogP contribution in [-0.2, 0) is 17.8 Å². The number of para-hydroxylation sites is 1. The third-order valence-electron chi connectivity index (χ3n) is 5.30. The molecule has 152 valence electrons. The van der Waals surface area contributed by atoms with Crippen molar-refractivity contribution in [3.05, 3.63) is 35.7 Å². The Kier molecular flexibility index (Phi) is 7.13. The van der Waals surface area contributed by atoms with Crippen LogP contribution in [-0.4, -0.2) is 52.0 Å². The first kappa shape index (κ1) is 20.9. The van der Waals surface area contributed by atoms with Gasteiger partial charge in [-0.1, -0.05) is 50.2 Å². The molecule has 3 rings (SSSR count). The third kappa shape index (κ3) is 4.41. The number of carbonyl (C=O) groups is 1. The molecule has 1 amide bonds. The van der Waals surface area contributed by atoms with E-state index in [1.807, 2.05) is 23.1 Å². The van der Waals surface area contributed by atoms with Crippen molar-refractivity contribution in [2.24, 2.45) is 0 Å². The Balaban J connectivity index is 1.73. The van der Waals surface area contributed by atoms with Crippen molar-refractivity contribution < 1.29 is 4.79 Å². The number of hydrogen-bond donors (Lipinski definition) is 0. The van der Waals surface area contributed by atoms with Gasteiger partial charge in [0.15, 0.2) is 11.0 Å². The Labute approximate surface area is 172 Å². The van der Waals surface area contributed by atoms with Crippen LogP contribution in [0.5, 0.6) is 0 Å². The molecule has 1 aliphatic rings. The van der Waals surface area contributed by atoms with Crippen LogP contribution < -0.4 is 4.90 Å². The molecular weight excluding hydrogens is 370 g/mol. The lowest BCUT2D eigenvalue weighted by Gasteiger charge is -2.23. The van der Waals surface area contributed by atoms with Crippen LogP contribution in [0.2, 0.25) is 0 Å². The lowest BCUT2D eigenvalue weighted by Crippen LogP contribution is -2.30. The Morgan fingerprint density at radius 1 is 1.25 bits per heavy atom. The molecule has 0 bridgehead atoms. The van der Waals surface area contributed by atoms with Crippen LogP contribution in [0.15, 0.2) is 29.4 Å². The second-order valence-electron chi connectivity index (χ2n) is 7.45.